The number of amides is 1. The number of rotatable bonds is 13. The molecular weight excluding hydrogens is 568 g/mol. The predicted octanol–water partition coefficient (Wildman–Crippen LogP) is 5.49. The second-order valence-corrected chi connectivity index (χ2v) is 17.0. The summed E-state index contributed by atoms with van der Waals surface area (Å²) in [6.45, 7) is 8.06. The number of aliphatic hydroxyl groups is 1. The first-order valence-corrected chi connectivity index (χ1v) is 18.6. The topological polar surface area (TPSA) is 98.5 Å². The van der Waals surface area contributed by atoms with Crippen LogP contribution >= 0.6 is 0 Å². The minimum atomic E-state index is -1.97. The van der Waals surface area contributed by atoms with E-state index in [4.69, 9.17) is 9.47 Å². The Kier molecular flexibility index (Phi) is 10.3. The van der Waals surface area contributed by atoms with Gasteiger partial charge < -0.3 is 19.9 Å². The highest BCUT2D eigenvalue weighted by atomic mass is 28.3. The number of anilines is 1. The zero-order valence-corrected chi connectivity index (χ0v) is 27.1. The van der Waals surface area contributed by atoms with Crippen LogP contribution in [0.5, 0.6) is 5.75 Å². The van der Waals surface area contributed by atoms with E-state index >= 15 is 0 Å². The highest BCUT2D eigenvalue weighted by Crippen LogP contribution is 2.46. The number of hydrogen-bond acceptors (Lipinski definition) is 6. The summed E-state index contributed by atoms with van der Waals surface area (Å²) in [7, 11) is -0.267. The van der Waals surface area contributed by atoms with Crippen LogP contribution in [-0.2, 0) is 24.1 Å². The molecule has 4 aromatic rings. The molecule has 2 heterocycles. The van der Waals surface area contributed by atoms with Crippen molar-refractivity contribution in [3.63, 3.8) is 0 Å². The van der Waals surface area contributed by atoms with E-state index in [0.29, 0.717) is 23.4 Å². The highest BCUT2D eigenvalue weighted by molar-refractivity contribution is 6.91. The van der Waals surface area contributed by atoms with E-state index in [-0.39, 0.29) is 24.7 Å². The van der Waals surface area contributed by atoms with E-state index < -0.39 is 8.07 Å². The van der Waals surface area contributed by atoms with Crippen molar-refractivity contribution in [2.75, 3.05) is 19.0 Å². The Bertz CT molecular complexity index is 1510. The number of aromatic nitrogens is 3. The zero-order valence-electron chi connectivity index (χ0n) is 26.1. The van der Waals surface area contributed by atoms with Crippen molar-refractivity contribution in [2.45, 2.75) is 70.0 Å². The van der Waals surface area contributed by atoms with Crippen molar-refractivity contribution in [1.29, 1.82) is 0 Å². The Labute approximate surface area is 261 Å². The lowest BCUT2D eigenvalue weighted by atomic mass is 9.95. The lowest BCUT2D eigenvalue weighted by molar-refractivity contribution is 0.0249. The van der Waals surface area contributed by atoms with Crippen LogP contribution < -0.4 is 15.2 Å². The average molecular weight is 613 g/mol. The number of nitrogens with one attached hydrogen (secondary N) is 1. The van der Waals surface area contributed by atoms with Gasteiger partial charge in [-0.05, 0) is 72.7 Å². The summed E-state index contributed by atoms with van der Waals surface area (Å²) in [6, 6.07) is 26.0. The number of ether oxygens (including phenoxy) is 2. The van der Waals surface area contributed by atoms with Gasteiger partial charge in [0.2, 0.25) is 0 Å². The molecule has 1 aliphatic rings. The predicted molar refractivity (Wildman–Crippen MR) is 176 cm³/mol. The molecule has 1 amide bonds. The van der Waals surface area contributed by atoms with Gasteiger partial charge in [-0.1, -0.05) is 72.9 Å². The van der Waals surface area contributed by atoms with E-state index in [1.165, 1.54) is 10.8 Å². The van der Waals surface area contributed by atoms with Gasteiger partial charge in [0.1, 0.15) is 5.75 Å². The SMILES string of the molecule is COc1ccc([Si](C)(C)[C@@H]2[C@@H](C)[C@@H](CCc3cccc(NC(=O)c4ccccc4)c3)O[C@H]2CCn2cc(CCO)nn2)cc1. The molecule has 1 saturated heterocycles. The van der Waals surface area contributed by atoms with Gasteiger partial charge in [0.15, 0.2) is 0 Å². The Morgan fingerprint density at radius 3 is 2.50 bits per heavy atom. The molecule has 44 heavy (non-hydrogen) atoms. The number of methoxy groups -OCH3 is 1. The van der Waals surface area contributed by atoms with Crippen LogP contribution in [0.1, 0.15) is 41.4 Å². The van der Waals surface area contributed by atoms with Crippen LogP contribution in [0.25, 0.3) is 0 Å². The van der Waals surface area contributed by atoms with Gasteiger partial charge in [0, 0.05) is 37.0 Å². The molecule has 4 atom stereocenters. The van der Waals surface area contributed by atoms with E-state index in [1.807, 2.05) is 53.3 Å². The Hall–Kier alpha value is -3.79. The summed E-state index contributed by atoms with van der Waals surface area (Å²) in [5.41, 5.74) is 3.84. The zero-order chi connectivity index (χ0) is 31.1. The molecule has 232 valence electrons. The quantitative estimate of drug-likeness (QED) is 0.194. The summed E-state index contributed by atoms with van der Waals surface area (Å²) in [6.07, 6.45) is 5.27. The molecule has 2 N–H and O–H groups in total. The molecule has 5 rings (SSSR count). The van der Waals surface area contributed by atoms with Crippen LogP contribution in [0, 0.1) is 5.92 Å². The van der Waals surface area contributed by atoms with Crippen molar-refractivity contribution < 1.29 is 19.4 Å². The summed E-state index contributed by atoms with van der Waals surface area (Å²) in [5, 5.41) is 22.2. The fourth-order valence-electron chi connectivity index (χ4n) is 6.76. The molecule has 1 fully saturated rings. The molecule has 0 spiro atoms. The van der Waals surface area contributed by atoms with Crippen molar-refractivity contribution >= 4 is 24.9 Å². The maximum absolute atomic E-state index is 12.7. The summed E-state index contributed by atoms with van der Waals surface area (Å²) in [5.74, 6) is 1.14. The Morgan fingerprint density at radius 2 is 1.77 bits per heavy atom. The van der Waals surface area contributed by atoms with Crippen LogP contribution in [0.2, 0.25) is 18.6 Å². The standard InChI is InChI=1S/C35H44N4O4Si/c1-25-32(18-13-26-9-8-12-28(23-26)36-35(41)27-10-6-5-7-11-27)43-33(19-21-39-24-29(20-22-40)37-38-39)34(25)44(3,4)31-16-14-30(42-2)15-17-31/h5-12,14-17,23-25,32-34,40H,13,18-22H2,1-4H3,(H,36,41)/t25-,32+,33-,34+/m0/s1. The van der Waals surface area contributed by atoms with E-state index in [1.54, 1.807) is 7.11 Å². The maximum atomic E-state index is 12.7. The molecule has 1 aliphatic heterocycles. The fraction of sp³-hybridized carbons (Fsp3) is 0.400. The van der Waals surface area contributed by atoms with Crippen LogP contribution in [0.4, 0.5) is 5.69 Å². The van der Waals surface area contributed by atoms with Gasteiger partial charge in [-0.2, -0.15) is 0 Å². The van der Waals surface area contributed by atoms with Crippen LogP contribution in [0.15, 0.2) is 85.1 Å². The summed E-state index contributed by atoms with van der Waals surface area (Å²) < 4.78 is 14.2. The average Bonchev–Trinajstić information content (AvgIpc) is 3.63. The Balaban J connectivity index is 1.30. The monoisotopic (exact) mass is 612 g/mol. The number of nitrogens with zero attached hydrogens (tertiary/aromatic N) is 3. The largest absolute Gasteiger partial charge is 0.497 e. The molecule has 0 bridgehead atoms. The van der Waals surface area contributed by atoms with Crippen molar-refractivity contribution in [2.24, 2.45) is 5.92 Å². The van der Waals surface area contributed by atoms with E-state index in [0.717, 1.165) is 42.9 Å². The van der Waals surface area contributed by atoms with Crippen molar-refractivity contribution in [3.8, 4) is 5.75 Å². The third-order valence-corrected chi connectivity index (χ3v) is 13.5. The number of carbonyl (C=O) groups excluding carboxylic acids is 1. The number of carbonyl (C=O) groups is 1. The third-order valence-electron chi connectivity index (χ3n) is 9.11. The molecule has 9 heteroatoms. The van der Waals surface area contributed by atoms with Crippen molar-refractivity contribution in [3.05, 3.63) is 102 Å². The van der Waals surface area contributed by atoms with Crippen LogP contribution in [-0.4, -0.2) is 60.0 Å². The number of benzene rings is 3. The lowest BCUT2D eigenvalue weighted by Crippen LogP contribution is -2.50. The van der Waals surface area contributed by atoms with Gasteiger partial charge in [-0.15, -0.1) is 5.10 Å². The van der Waals surface area contributed by atoms with E-state index in [2.05, 4.69) is 72.0 Å². The minimum absolute atomic E-state index is 0.0651. The number of hydrogen-bond donors (Lipinski definition) is 2. The lowest BCUT2D eigenvalue weighted by Gasteiger charge is -2.36. The number of aliphatic hydroxyl groups excluding tert-OH is 1. The van der Waals surface area contributed by atoms with Gasteiger partial charge in [-0.25, -0.2) is 0 Å². The maximum Gasteiger partial charge on any atom is 0.255 e. The third kappa shape index (κ3) is 7.46. The molecule has 0 aliphatic carbocycles. The molecule has 8 nitrogen and oxygen atoms in total. The Morgan fingerprint density at radius 1 is 1.00 bits per heavy atom. The fourth-order valence-corrected chi connectivity index (χ4v) is 10.9. The second kappa shape index (κ2) is 14.3. The van der Waals surface area contributed by atoms with Gasteiger partial charge in [0.05, 0.1) is 33.1 Å². The minimum Gasteiger partial charge on any atom is -0.497 e. The molecule has 3 aromatic carbocycles. The molecule has 1 aromatic heterocycles. The van der Waals surface area contributed by atoms with Gasteiger partial charge in [-0.3, -0.25) is 9.48 Å². The molecule has 0 unspecified atom stereocenters. The highest BCUT2D eigenvalue weighted by Gasteiger charge is 2.50. The molecule has 0 radical (unpaired) electrons. The van der Waals surface area contributed by atoms with Gasteiger partial charge in [0.25, 0.3) is 5.91 Å². The second-order valence-electron chi connectivity index (χ2n) is 12.3. The smallest absolute Gasteiger partial charge is 0.255 e. The first kappa shape index (κ1) is 31.6. The summed E-state index contributed by atoms with van der Waals surface area (Å²) in [4.78, 5) is 12.7. The molecular formula is C35H44N4O4Si. The van der Waals surface area contributed by atoms with Crippen molar-refractivity contribution in [1.82, 2.24) is 15.0 Å². The van der Waals surface area contributed by atoms with E-state index in [9.17, 15) is 9.90 Å². The van der Waals surface area contributed by atoms with Gasteiger partial charge >= 0.3 is 0 Å². The number of aryl methyl sites for hydroxylation is 2. The summed E-state index contributed by atoms with van der Waals surface area (Å²) >= 11 is 0. The normalized spacial score (nSPS) is 20.0. The molecule has 0 saturated carbocycles. The van der Waals surface area contributed by atoms with Crippen LogP contribution in [0.3, 0.4) is 0 Å². The first-order valence-electron chi connectivity index (χ1n) is 15.5. The first-order chi connectivity index (χ1) is 21.3.